The molecule has 0 aliphatic carbocycles. The monoisotopic (exact) mass is 284 g/mol. The molecule has 0 aliphatic heterocycles. The van der Waals surface area contributed by atoms with Crippen LogP contribution in [0.2, 0.25) is 5.02 Å². The van der Waals surface area contributed by atoms with E-state index in [1.54, 1.807) is 18.2 Å². The van der Waals surface area contributed by atoms with Gasteiger partial charge in [0.25, 0.3) is 0 Å². The lowest BCUT2D eigenvalue weighted by Crippen LogP contribution is -2.20. The second-order valence-electron chi connectivity index (χ2n) is 4.19. The number of anilines is 2. The quantitative estimate of drug-likeness (QED) is 0.773. The average molecular weight is 285 g/mol. The van der Waals surface area contributed by atoms with Crippen molar-refractivity contribution < 1.29 is 4.79 Å². The molecule has 20 heavy (non-hydrogen) atoms. The Balaban J connectivity index is 2.52. The van der Waals surface area contributed by atoms with Gasteiger partial charge in [-0.25, -0.2) is 0 Å². The van der Waals surface area contributed by atoms with Crippen LogP contribution in [0.4, 0.5) is 11.4 Å². The third kappa shape index (κ3) is 2.98. The first-order valence-electron chi connectivity index (χ1n) is 6.21. The number of nitrogens with zero attached hydrogens (tertiary/aromatic N) is 2. The lowest BCUT2D eigenvalue weighted by atomic mass is 10.1. The number of nitriles is 1. The molecule has 0 heterocycles. The fraction of sp³-hybridized carbons (Fsp3) is 0.125. The molecule has 0 aliphatic rings. The van der Waals surface area contributed by atoms with Gasteiger partial charge >= 0.3 is 0 Å². The SMILES string of the molecule is N#CCCN(c1ccccc1)c1c(Cl)cccc1C=O. The fourth-order valence-corrected chi connectivity index (χ4v) is 2.34. The predicted octanol–water partition coefficient (Wildman–Crippen LogP) is 4.20. The summed E-state index contributed by atoms with van der Waals surface area (Å²) in [5.74, 6) is 0. The van der Waals surface area contributed by atoms with E-state index in [0.29, 0.717) is 29.2 Å². The summed E-state index contributed by atoms with van der Waals surface area (Å²) in [5.41, 5.74) is 2.06. The number of hydrogen-bond donors (Lipinski definition) is 0. The summed E-state index contributed by atoms with van der Waals surface area (Å²) in [6.45, 7) is 0.477. The zero-order valence-electron chi connectivity index (χ0n) is 10.8. The molecule has 0 spiro atoms. The van der Waals surface area contributed by atoms with Gasteiger partial charge in [0.2, 0.25) is 0 Å². The summed E-state index contributed by atoms with van der Waals surface area (Å²) in [6, 6.07) is 16.9. The number of aldehydes is 1. The molecule has 0 unspecified atom stereocenters. The molecule has 0 saturated heterocycles. The van der Waals surface area contributed by atoms with Crippen molar-refractivity contribution in [2.24, 2.45) is 0 Å². The number of carbonyl (C=O) groups is 1. The molecule has 0 bridgehead atoms. The highest BCUT2D eigenvalue weighted by Crippen LogP contribution is 2.34. The molecule has 100 valence electrons. The first kappa shape index (κ1) is 14.1. The molecule has 0 atom stereocenters. The molecule has 2 aromatic rings. The van der Waals surface area contributed by atoms with E-state index >= 15 is 0 Å². The predicted molar refractivity (Wildman–Crippen MR) is 80.5 cm³/mol. The minimum absolute atomic E-state index is 0.346. The van der Waals surface area contributed by atoms with E-state index < -0.39 is 0 Å². The number of hydrogen-bond acceptors (Lipinski definition) is 3. The van der Waals surface area contributed by atoms with Crippen LogP contribution in [0, 0.1) is 11.3 Å². The minimum Gasteiger partial charge on any atom is -0.339 e. The Morgan fingerprint density at radius 1 is 1.15 bits per heavy atom. The minimum atomic E-state index is 0.346. The molecular weight excluding hydrogens is 272 g/mol. The van der Waals surface area contributed by atoms with E-state index in [-0.39, 0.29) is 0 Å². The zero-order chi connectivity index (χ0) is 14.4. The topological polar surface area (TPSA) is 44.1 Å². The molecule has 3 nitrogen and oxygen atoms in total. The van der Waals surface area contributed by atoms with E-state index in [1.807, 2.05) is 35.2 Å². The molecule has 2 aromatic carbocycles. The molecular formula is C16H13ClN2O. The van der Waals surface area contributed by atoms with E-state index in [2.05, 4.69) is 6.07 Å². The molecule has 0 fully saturated rings. The molecule has 0 aromatic heterocycles. The normalized spacial score (nSPS) is 9.80. The molecule has 0 saturated carbocycles. The first-order chi connectivity index (χ1) is 9.77. The number of carbonyl (C=O) groups excluding carboxylic acids is 1. The van der Waals surface area contributed by atoms with E-state index in [9.17, 15) is 4.79 Å². The van der Waals surface area contributed by atoms with Crippen molar-refractivity contribution >= 4 is 29.3 Å². The summed E-state index contributed by atoms with van der Waals surface area (Å²) in [7, 11) is 0. The fourth-order valence-electron chi connectivity index (χ4n) is 2.05. The lowest BCUT2D eigenvalue weighted by Gasteiger charge is -2.26. The van der Waals surface area contributed by atoms with Gasteiger partial charge in [-0.05, 0) is 24.3 Å². The maximum atomic E-state index is 11.2. The molecule has 0 N–H and O–H groups in total. The Morgan fingerprint density at radius 3 is 2.55 bits per heavy atom. The van der Waals surface area contributed by atoms with Gasteiger partial charge in [0.1, 0.15) is 0 Å². The Bertz CT molecular complexity index is 635. The van der Waals surface area contributed by atoms with E-state index in [1.165, 1.54) is 0 Å². The second-order valence-corrected chi connectivity index (χ2v) is 4.60. The zero-order valence-corrected chi connectivity index (χ0v) is 11.5. The molecule has 0 amide bonds. The summed E-state index contributed by atoms with van der Waals surface area (Å²) in [4.78, 5) is 13.1. The second kappa shape index (κ2) is 6.74. The number of para-hydroxylation sites is 2. The van der Waals surface area contributed by atoms with Crippen LogP contribution in [0.1, 0.15) is 16.8 Å². The van der Waals surface area contributed by atoms with Crippen molar-refractivity contribution in [3.05, 3.63) is 59.1 Å². The molecule has 4 heteroatoms. The molecule has 0 radical (unpaired) electrons. The van der Waals surface area contributed by atoms with Crippen LogP contribution in [0.3, 0.4) is 0 Å². The van der Waals surface area contributed by atoms with Gasteiger partial charge < -0.3 is 4.90 Å². The Kier molecular flexibility index (Phi) is 4.75. The van der Waals surface area contributed by atoms with Gasteiger partial charge in [-0.3, -0.25) is 4.79 Å². The first-order valence-corrected chi connectivity index (χ1v) is 6.59. The summed E-state index contributed by atoms with van der Waals surface area (Å²) >= 11 is 6.25. The van der Waals surface area contributed by atoms with Crippen LogP contribution in [-0.4, -0.2) is 12.8 Å². The van der Waals surface area contributed by atoms with Crippen LogP contribution < -0.4 is 4.90 Å². The highest BCUT2D eigenvalue weighted by atomic mass is 35.5. The highest BCUT2D eigenvalue weighted by molar-refractivity contribution is 6.34. The van der Waals surface area contributed by atoms with Gasteiger partial charge in [0, 0.05) is 17.8 Å². The van der Waals surface area contributed by atoms with Gasteiger partial charge in [-0.15, -0.1) is 0 Å². The largest absolute Gasteiger partial charge is 0.339 e. The molecule has 2 rings (SSSR count). The van der Waals surface area contributed by atoms with Crippen LogP contribution >= 0.6 is 11.6 Å². The summed E-state index contributed by atoms with van der Waals surface area (Å²) in [6.07, 6.45) is 1.13. The van der Waals surface area contributed by atoms with Crippen molar-refractivity contribution in [3.8, 4) is 6.07 Å². The van der Waals surface area contributed by atoms with Gasteiger partial charge in [0.15, 0.2) is 6.29 Å². The third-order valence-corrected chi connectivity index (χ3v) is 3.23. The number of rotatable bonds is 5. The maximum Gasteiger partial charge on any atom is 0.152 e. The Labute approximate surface area is 123 Å². The maximum absolute atomic E-state index is 11.2. The Hall–Kier alpha value is -2.31. The van der Waals surface area contributed by atoms with E-state index in [4.69, 9.17) is 16.9 Å². The summed E-state index contributed by atoms with van der Waals surface area (Å²) < 4.78 is 0. The highest BCUT2D eigenvalue weighted by Gasteiger charge is 2.16. The standard InChI is InChI=1S/C16H13ClN2O/c17-15-9-4-6-13(12-20)16(15)19(11-5-10-18)14-7-2-1-3-8-14/h1-4,6-9,12H,5,11H2. The van der Waals surface area contributed by atoms with Crippen molar-refractivity contribution in [1.82, 2.24) is 0 Å². The van der Waals surface area contributed by atoms with Crippen LogP contribution in [0.25, 0.3) is 0 Å². The van der Waals surface area contributed by atoms with Crippen molar-refractivity contribution in [2.45, 2.75) is 6.42 Å². The van der Waals surface area contributed by atoms with Crippen LogP contribution in [-0.2, 0) is 0 Å². The summed E-state index contributed by atoms with van der Waals surface area (Å²) in [5, 5.41) is 9.32. The van der Waals surface area contributed by atoms with Gasteiger partial charge in [0.05, 0.1) is 23.2 Å². The van der Waals surface area contributed by atoms with Crippen molar-refractivity contribution in [1.29, 1.82) is 5.26 Å². The van der Waals surface area contributed by atoms with Gasteiger partial charge in [-0.2, -0.15) is 5.26 Å². The third-order valence-electron chi connectivity index (χ3n) is 2.93. The van der Waals surface area contributed by atoms with Crippen molar-refractivity contribution in [3.63, 3.8) is 0 Å². The van der Waals surface area contributed by atoms with Crippen LogP contribution in [0.5, 0.6) is 0 Å². The van der Waals surface area contributed by atoms with Gasteiger partial charge in [-0.1, -0.05) is 35.9 Å². The van der Waals surface area contributed by atoms with E-state index in [0.717, 1.165) is 12.0 Å². The average Bonchev–Trinajstić information content (AvgIpc) is 2.50. The van der Waals surface area contributed by atoms with Crippen molar-refractivity contribution in [2.75, 3.05) is 11.4 Å². The number of benzene rings is 2. The number of halogens is 1. The lowest BCUT2D eigenvalue weighted by molar-refractivity contribution is 0.112. The Morgan fingerprint density at radius 2 is 1.90 bits per heavy atom. The van der Waals surface area contributed by atoms with Crippen LogP contribution in [0.15, 0.2) is 48.5 Å². The smallest absolute Gasteiger partial charge is 0.152 e.